The summed E-state index contributed by atoms with van der Waals surface area (Å²) in [6.07, 6.45) is -4.48. The van der Waals surface area contributed by atoms with Gasteiger partial charge in [0.05, 0.1) is 0 Å². The van der Waals surface area contributed by atoms with Crippen molar-refractivity contribution in [1.82, 2.24) is 5.32 Å². The standard InChI is InChI=1S/C11H11F4NO2/c1-7-3-2-4-8(10(7)12)18-5-9(17)16-6-11(13,14)15/h2-4H,5-6H2,1H3,(H,16,17). The Kier molecular flexibility index (Phi) is 4.52. The van der Waals surface area contributed by atoms with Crippen molar-refractivity contribution in [3.05, 3.63) is 29.6 Å². The van der Waals surface area contributed by atoms with Crippen LogP contribution in [0.2, 0.25) is 0 Å². The van der Waals surface area contributed by atoms with Crippen molar-refractivity contribution in [3.8, 4) is 5.75 Å². The number of rotatable bonds is 4. The molecule has 1 rings (SSSR count). The van der Waals surface area contributed by atoms with E-state index in [1.807, 2.05) is 0 Å². The van der Waals surface area contributed by atoms with Gasteiger partial charge in [0.15, 0.2) is 18.2 Å². The van der Waals surface area contributed by atoms with E-state index in [0.717, 1.165) is 0 Å². The molecule has 1 aromatic carbocycles. The minimum absolute atomic E-state index is 0.169. The maximum Gasteiger partial charge on any atom is 0.405 e. The highest BCUT2D eigenvalue weighted by Crippen LogP contribution is 2.19. The third-order valence-electron chi connectivity index (χ3n) is 2.00. The van der Waals surface area contributed by atoms with Crippen molar-refractivity contribution in [2.24, 2.45) is 0 Å². The summed E-state index contributed by atoms with van der Waals surface area (Å²) in [5.41, 5.74) is 0.322. The van der Waals surface area contributed by atoms with Crippen LogP contribution >= 0.6 is 0 Å². The summed E-state index contributed by atoms with van der Waals surface area (Å²) in [6.45, 7) is -0.603. The maximum absolute atomic E-state index is 13.4. The number of halogens is 4. The Labute approximate surface area is 101 Å². The second kappa shape index (κ2) is 5.70. The number of aryl methyl sites for hydroxylation is 1. The van der Waals surface area contributed by atoms with Crippen molar-refractivity contribution in [1.29, 1.82) is 0 Å². The van der Waals surface area contributed by atoms with E-state index in [9.17, 15) is 22.4 Å². The molecule has 0 saturated heterocycles. The Morgan fingerprint density at radius 1 is 1.39 bits per heavy atom. The number of ether oxygens (including phenoxy) is 1. The van der Waals surface area contributed by atoms with E-state index in [0.29, 0.717) is 5.56 Å². The first kappa shape index (κ1) is 14.3. The van der Waals surface area contributed by atoms with Gasteiger partial charge in [-0.15, -0.1) is 0 Å². The lowest BCUT2D eigenvalue weighted by atomic mass is 10.2. The molecule has 0 aliphatic rings. The molecule has 0 unspecified atom stereocenters. The van der Waals surface area contributed by atoms with Gasteiger partial charge in [-0.3, -0.25) is 4.79 Å². The van der Waals surface area contributed by atoms with E-state index in [1.165, 1.54) is 25.1 Å². The van der Waals surface area contributed by atoms with Crippen LogP contribution in [0.1, 0.15) is 5.56 Å². The minimum Gasteiger partial charge on any atom is -0.481 e. The largest absolute Gasteiger partial charge is 0.481 e. The number of carbonyl (C=O) groups excluding carboxylic acids is 1. The summed E-state index contributed by atoms with van der Waals surface area (Å²) in [6, 6.07) is 4.31. The van der Waals surface area contributed by atoms with Crippen molar-refractivity contribution >= 4 is 5.91 Å². The molecule has 0 spiro atoms. The molecule has 7 heteroatoms. The highest BCUT2D eigenvalue weighted by molar-refractivity contribution is 5.77. The monoisotopic (exact) mass is 265 g/mol. The lowest BCUT2D eigenvalue weighted by molar-refractivity contribution is -0.139. The number of amides is 1. The van der Waals surface area contributed by atoms with Crippen LogP contribution in [0.3, 0.4) is 0 Å². The quantitative estimate of drug-likeness (QED) is 0.847. The van der Waals surface area contributed by atoms with Gasteiger partial charge in [0, 0.05) is 0 Å². The Morgan fingerprint density at radius 3 is 2.67 bits per heavy atom. The number of carbonyl (C=O) groups is 1. The minimum atomic E-state index is -4.48. The van der Waals surface area contributed by atoms with Crippen molar-refractivity contribution in [3.63, 3.8) is 0 Å². The molecule has 0 bridgehead atoms. The van der Waals surface area contributed by atoms with E-state index < -0.39 is 31.1 Å². The van der Waals surface area contributed by atoms with E-state index in [2.05, 4.69) is 0 Å². The molecule has 0 fully saturated rings. The maximum atomic E-state index is 13.4. The third-order valence-corrected chi connectivity index (χ3v) is 2.00. The molecule has 0 atom stereocenters. The van der Waals surface area contributed by atoms with Gasteiger partial charge in [-0.25, -0.2) is 4.39 Å². The summed E-state index contributed by atoms with van der Waals surface area (Å²) in [5.74, 6) is -1.77. The molecule has 0 radical (unpaired) electrons. The zero-order valence-corrected chi connectivity index (χ0v) is 9.47. The van der Waals surface area contributed by atoms with Crippen LogP contribution in [-0.4, -0.2) is 25.2 Å². The topological polar surface area (TPSA) is 38.3 Å². The summed E-state index contributed by atoms with van der Waals surface area (Å²) < 4.78 is 53.5. The smallest absolute Gasteiger partial charge is 0.405 e. The lowest BCUT2D eigenvalue weighted by Crippen LogP contribution is -2.36. The van der Waals surface area contributed by atoms with Crippen molar-refractivity contribution < 1.29 is 27.1 Å². The van der Waals surface area contributed by atoms with Gasteiger partial charge in [0.25, 0.3) is 5.91 Å². The van der Waals surface area contributed by atoms with E-state index in [4.69, 9.17) is 4.74 Å². The summed E-state index contributed by atoms with van der Waals surface area (Å²) in [7, 11) is 0. The molecule has 100 valence electrons. The fraction of sp³-hybridized carbons (Fsp3) is 0.364. The number of hydrogen-bond acceptors (Lipinski definition) is 2. The normalized spacial score (nSPS) is 11.2. The fourth-order valence-corrected chi connectivity index (χ4v) is 1.13. The van der Waals surface area contributed by atoms with Crippen LogP contribution in [-0.2, 0) is 4.79 Å². The lowest BCUT2D eigenvalue weighted by Gasteiger charge is -2.10. The Bertz CT molecular complexity index is 432. The van der Waals surface area contributed by atoms with E-state index in [-0.39, 0.29) is 5.75 Å². The van der Waals surface area contributed by atoms with Gasteiger partial charge < -0.3 is 10.1 Å². The Morgan fingerprint density at radius 2 is 2.06 bits per heavy atom. The predicted molar refractivity (Wildman–Crippen MR) is 55.7 cm³/mol. The third kappa shape index (κ3) is 4.60. The number of hydrogen-bond donors (Lipinski definition) is 1. The highest BCUT2D eigenvalue weighted by Gasteiger charge is 2.27. The first-order valence-corrected chi connectivity index (χ1v) is 5.01. The van der Waals surface area contributed by atoms with Gasteiger partial charge in [-0.2, -0.15) is 13.2 Å². The van der Waals surface area contributed by atoms with E-state index in [1.54, 1.807) is 5.32 Å². The molecular formula is C11H11F4NO2. The second-order valence-corrected chi connectivity index (χ2v) is 3.57. The zero-order chi connectivity index (χ0) is 13.8. The summed E-state index contributed by atoms with van der Waals surface area (Å²) >= 11 is 0. The number of alkyl halides is 3. The fourth-order valence-electron chi connectivity index (χ4n) is 1.13. The molecule has 0 aliphatic carbocycles. The molecule has 1 amide bonds. The summed E-state index contributed by atoms with van der Waals surface area (Å²) in [5, 5.41) is 1.62. The van der Waals surface area contributed by atoms with Crippen LogP contribution in [0.15, 0.2) is 18.2 Å². The molecule has 3 nitrogen and oxygen atoms in total. The molecule has 0 saturated carbocycles. The first-order chi connectivity index (χ1) is 8.29. The Balaban J connectivity index is 2.46. The van der Waals surface area contributed by atoms with Gasteiger partial charge in [-0.05, 0) is 18.6 Å². The molecule has 0 aliphatic heterocycles. The predicted octanol–water partition coefficient (Wildman–Crippen LogP) is 2.19. The first-order valence-electron chi connectivity index (χ1n) is 5.01. The average molecular weight is 265 g/mol. The number of nitrogens with one attached hydrogen (secondary N) is 1. The SMILES string of the molecule is Cc1cccc(OCC(=O)NCC(F)(F)F)c1F. The van der Waals surface area contributed by atoms with Gasteiger partial charge in [-0.1, -0.05) is 12.1 Å². The molecule has 1 aromatic rings. The van der Waals surface area contributed by atoms with Gasteiger partial charge >= 0.3 is 6.18 Å². The summed E-state index contributed by atoms with van der Waals surface area (Å²) in [4.78, 5) is 11.0. The molecule has 1 N–H and O–H groups in total. The highest BCUT2D eigenvalue weighted by atomic mass is 19.4. The van der Waals surface area contributed by atoms with Crippen LogP contribution in [0.4, 0.5) is 17.6 Å². The van der Waals surface area contributed by atoms with Crippen molar-refractivity contribution in [2.75, 3.05) is 13.2 Å². The average Bonchev–Trinajstić information content (AvgIpc) is 2.27. The van der Waals surface area contributed by atoms with E-state index >= 15 is 0 Å². The van der Waals surface area contributed by atoms with Gasteiger partial charge in [0.2, 0.25) is 0 Å². The van der Waals surface area contributed by atoms with Crippen LogP contribution in [0.5, 0.6) is 5.75 Å². The van der Waals surface area contributed by atoms with Crippen LogP contribution in [0.25, 0.3) is 0 Å². The molecular weight excluding hydrogens is 254 g/mol. The Hall–Kier alpha value is -1.79. The van der Waals surface area contributed by atoms with Crippen molar-refractivity contribution in [2.45, 2.75) is 13.1 Å². The van der Waals surface area contributed by atoms with Gasteiger partial charge in [0.1, 0.15) is 6.54 Å². The molecule has 0 heterocycles. The van der Waals surface area contributed by atoms with Crippen LogP contribution in [0, 0.1) is 12.7 Å². The zero-order valence-electron chi connectivity index (χ0n) is 9.47. The second-order valence-electron chi connectivity index (χ2n) is 3.57. The molecule has 0 aromatic heterocycles. The number of benzene rings is 1. The van der Waals surface area contributed by atoms with Crippen LogP contribution < -0.4 is 10.1 Å². The molecule has 18 heavy (non-hydrogen) atoms.